The first-order valence-electron chi connectivity index (χ1n) is 6.09. The van der Waals surface area contributed by atoms with Crippen molar-refractivity contribution in [3.8, 4) is 5.75 Å². The Morgan fingerprint density at radius 1 is 1.11 bits per heavy atom. The van der Waals surface area contributed by atoms with Crippen molar-refractivity contribution in [3.05, 3.63) is 29.8 Å². The summed E-state index contributed by atoms with van der Waals surface area (Å²) in [4.78, 5) is 11.4. The van der Waals surface area contributed by atoms with Gasteiger partial charge in [0.15, 0.2) is 0 Å². The summed E-state index contributed by atoms with van der Waals surface area (Å²) in [6.07, 6.45) is -0.569. The maximum Gasteiger partial charge on any atom is 0.323 e. The van der Waals surface area contributed by atoms with Crippen LogP contribution in [0.3, 0.4) is 0 Å². The average molecular weight is 288 g/mol. The van der Waals surface area contributed by atoms with Crippen molar-refractivity contribution in [2.24, 2.45) is 5.73 Å². The largest absolute Gasteiger partial charge is 0.487 e. The van der Waals surface area contributed by atoms with Crippen LogP contribution in [-0.2, 0) is 9.53 Å². The van der Waals surface area contributed by atoms with Crippen molar-refractivity contribution < 1.29 is 14.3 Å². The van der Waals surface area contributed by atoms with Gasteiger partial charge >= 0.3 is 5.97 Å². The molecule has 0 saturated carbocycles. The summed E-state index contributed by atoms with van der Waals surface area (Å²) in [5.74, 6) is 0.346. The van der Waals surface area contributed by atoms with Crippen molar-refractivity contribution in [1.82, 2.24) is 0 Å². The molecule has 2 N–H and O–H groups in total. The van der Waals surface area contributed by atoms with Crippen molar-refractivity contribution in [1.29, 1.82) is 0 Å². The van der Waals surface area contributed by atoms with Crippen LogP contribution in [-0.4, -0.2) is 24.2 Å². The number of carbonyl (C=O) groups excluding carboxylic acids is 1. The van der Waals surface area contributed by atoms with Gasteiger partial charge in [0.25, 0.3) is 0 Å². The average Bonchev–Trinajstić information content (AvgIpc) is 2.31. The van der Waals surface area contributed by atoms with Crippen LogP contribution in [0, 0.1) is 6.92 Å². The zero-order valence-electron chi connectivity index (χ0n) is 11.8. The molecule has 108 valence electrons. The Bertz CT molecular complexity index is 392. The minimum Gasteiger partial charge on any atom is -0.487 e. The predicted molar refractivity (Wildman–Crippen MR) is 77.7 cm³/mol. The lowest BCUT2D eigenvalue weighted by molar-refractivity contribution is -0.153. The molecule has 0 aliphatic heterocycles. The second-order valence-electron chi connectivity index (χ2n) is 4.57. The van der Waals surface area contributed by atoms with Gasteiger partial charge in [0.1, 0.15) is 24.0 Å². The molecule has 0 saturated heterocycles. The third-order valence-electron chi connectivity index (χ3n) is 2.68. The number of aryl methyl sites for hydroxylation is 1. The van der Waals surface area contributed by atoms with Crippen LogP contribution < -0.4 is 10.5 Å². The van der Waals surface area contributed by atoms with Crippen LogP contribution in [0.15, 0.2) is 24.3 Å². The van der Waals surface area contributed by atoms with Crippen LogP contribution in [0.2, 0.25) is 0 Å². The minimum atomic E-state index is -0.612. The fourth-order valence-corrected chi connectivity index (χ4v) is 1.31. The van der Waals surface area contributed by atoms with E-state index in [2.05, 4.69) is 0 Å². The lowest BCUT2D eigenvalue weighted by atomic mass is 10.2. The minimum absolute atomic E-state index is 0. The van der Waals surface area contributed by atoms with Gasteiger partial charge in [-0.1, -0.05) is 17.7 Å². The Balaban J connectivity index is 0.00000324. The highest BCUT2D eigenvalue weighted by molar-refractivity contribution is 5.85. The van der Waals surface area contributed by atoms with Gasteiger partial charge in [0, 0.05) is 0 Å². The molecule has 0 heterocycles. The van der Waals surface area contributed by atoms with E-state index in [1.807, 2.05) is 38.1 Å². The van der Waals surface area contributed by atoms with Gasteiger partial charge in [-0.05, 0) is 39.8 Å². The van der Waals surface area contributed by atoms with E-state index in [1.54, 1.807) is 13.8 Å². The summed E-state index contributed by atoms with van der Waals surface area (Å²) in [6, 6.07) is 7.12. The lowest BCUT2D eigenvalue weighted by Gasteiger charge is -2.22. The summed E-state index contributed by atoms with van der Waals surface area (Å²) < 4.78 is 10.9. The van der Waals surface area contributed by atoms with E-state index in [1.165, 1.54) is 5.56 Å². The van der Waals surface area contributed by atoms with Gasteiger partial charge in [0.2, 0.25) is 0 Å². The molecular weight excluding hydrogens is 266 g/mol. The number of halogens is 1. The van der Waals surface area contributed by atoms with Gasteiger partial charge in [-0.15, -0.1) is 12.4 Å². The molecule has 0 amide bonds. The molecule has 1 rings (SSSR count). The molecule has 0 unspecified atom stereocenters. The van der Waals surface area contributed by atoms with Crippen molar-refractivity contribution in [2.45, 2.75) is 45.9 Å². The number of esters is 1. The van der Waals surface area contributed by atoms with Crippen LogP contribution in [0.5, 0.6) is 5.75 Å². The van der Waals surface area contributed by atoms with E-state index in [4.69, 9.17) is 15.2 Å². The lowest BCUT2D eigenvalue weighted by Crippen LogP contribution is -2.37. The number of benzene rings is 1. The van der Waals surface area contributed by atoms with E-state index in [0.717, 1.165) is 5.75 Å². The normalized spacial score (nSPS) is 14.8. The molecule has 19 heavy (non-hydrogen) atoms. The summed E-state index contributed by atoms with van der Waals surface area (Å²) in [6.45, 7) is 7.26. The van der Waals surface area contributed by atoms with Crippen LogP contribution in [0.1, 0.15) is 26.3 Å². The van der Waals surface area contributed by atoms with Crippen LogP contribution in [0.4, 0.5) is 0 Å². The number of rotatable bonds is 5. The standard InChI is InChI=1S/C14H21NO3.ClH/c1-9-5-7-13(8-6-9)17-11(3)12(4)18-14(16)10(2)15;/h5-8,10-12H,15H2,1-4H3;1H/t10-,11+,12-;/m0./s1. The molecule has 0 fully saturated rings. The van der Waals surface area contributed by atoms with E-state index in [9.17, 15) is 4.79 Å². The first-order valence-corrected chi connectivity index (χ1v) is 6.09. The molecule has 0 aromatic heterocycles. The maximum atomic E-state index is 11.4. The summed E-state index contributed by atoms with van der Waals surface area (Å²) in [7, 11) is 0. The molecule has 3 atom stereocenters. The highest BCUT2D eigenvalue weighted by atomic mass is 35.5. The van der Waals surface area contributed by atoms with Gasteiger partial charge in [-0.2, -0.15) is 0 Å². The van der Waals surface area contributed by atoms with Crippen molar-refractivity contribution in [3.63, 3.8) is 0 Å². The monoisotopic (exact) mass is 287 g/mol. The fourth-order valence-electron chi connectivity index (χ4n) is 1.31. The van der Waals surface area contributed by atoms with E-state index < -0.39 is 12.0 Å². The van der Waals surface area contributed by atoms with E-state index >= 15 is 0 Å². The second kappa shape index (κ2) is 8.02. The summed E-state index contributed by atoms with van der Waals surface area (Å²) in [5, 5.41) is 0. The Morgan fingerprint density at radius 3 is 2.11 bits per heavy atom. The molecule has 5 heteroatoms. The molecule has 0 bridgehead atoms. The highest BCUT2D eigenvalue weighted by Gasteiger charge is 2.20. The summed E-state index contributed by atoms with van der Waals surface area (Å²) >= 11 is 0. The first kappa shape index (κ1) is 17.7. The number of carbonyl (C=O) groups is 1. The fraction of sp³-hybridized carbons (Fsp3) is 0.500. The number of hydrogen-bond acceptors (Lipinski definition) is 4. The molecule has 1 aromatic carbocycles. The van der Waals surface area contributed by atoms with Crippen molar-refractivity contribution >= 4 is 18.4 Å². The topological polar surface area (TPSA) is 61.5 Å². The second-order valence-corrected chi connectivity index (χ2v) is 4.57. The number of ether oxygens (including phenoxy) is 2. The quantitative estimate of drug-likeness (QED) is 0.845. The molecule has 0 spiro atoms. The van der Waals surface area contributed by atoms with Crippen molar-refractivity contribution in [2.75, 3.05) is 0 Å². The Hall–Kier alpha value is -1.26. The van der Waals surface area contributed by atoms with Gasteiger partial charge in [-0.25, -0.2) is 0 Å². The van der Waals surface area contributed by atoms with E-state index in [0.29, 0.717) is 0 Å². The Morgan fingerprint density at radius 2 is 1.63 bits per heavy atom. The zero-order chi connectivity index (χ0) is 13.7. The van der Waals surface area contributed by atoms with Gasteiger partial charge in [0.05, 0.1) is 0 Å². The molecule has 4 nitrogen and oxygen atoms in total. The molecule has 0 aliphatic carbocycles. The first-order chi connectivity index (χ1) is 8.40. The van der Waals surface area contributed by atoms with E-state index in [-0.39, 0.29) is 24.6 Å². The maximum absolute atomic E-state index is 11.4. The molecule has 0 aliphatic rings. The van der Waals surface area contributed by atoms with Crippen LogP contribution >= 0.6 is 12.4 Å². The highest BCUT2D eigenvalue weighted by Crippen LogP contribution is 2.15. The zero-order valence-corrected chi connectivity index (χ0v) is 12.6. The smallest absolute Gasteiger partial charge is 0.323 e. The molecule has 0 radical (unpaired) electrons. The summed E-state index contributed by atoms with van der Waals surface area (Å²) in [5.41, 5.74) is 6.61. The SMILES string of the molecule is Cc1ccc(O[C@H](C)[C@H](C)OC(=O)[C@H](C)N)cc1.Cl. The number of nitrogens with two attached hydrogens (primary N) is 1. The number of hydrogen-bond donors (Lipinski definition) is 1. The van der Waals surface area contributed by atoms with Crippen LogP contribution in [0.25, 0.3) is 0 Å². The third-order valence-corrected chi connectivity index (χ3v) is 2.68. The van der Waals surface area contributed by atoms with Gasteiger partial charge < -0.3 is 15.2 Å². The third kappa shape index (κ3) is 5.94. The van der Waals surface area contributed by atoms with Gasteiger partial charge in [-0.3, -0.25) is 4.79 Å². The Labute approximate surface area is 120 Å². The molecular formula is C14H22ClNO3. The predicted octanol–water partition coefficient (Wildman–Crippen LogP) is 2.46. The Kier molecular flexibility index (Phi) is 7.49. The molecule has 1 aromatic rings.